The molecule has 0 aromatic heterocycles. The van der Waals surface area contributed by atoms with E-state index in [1.807, 2.05) is 31.2 Å². The maximum absolute atomic E-state index is 12.1. The Balaban J connectivity index is 1.91. The highest BCUT2D eigenvalue weighted by atomic mass is 79.9. The van der Waals surface area contributed by atoms with Crippen LogP contribution in [0.25, 0.3) is 0 Å². The Morgan fingerprint density at radius 1 is 1.21 bits per heavy atom. The van der Waals surface area contributed by atoms with E-state index in [9.17, 15) is 13.2 Å². The number of rotatable bonds is 6. The Labute approximate surface area is 150 Å². The first-order valence-corrected chi connectivity index (χ1v) is 9.76. The zero-order valence-corrected chi connectivity index (χ0v) is 15.6. The first-order valence-electron chi connectivity index (χ1n) is 7.42. The van der Waals surface area contributed by atoms with Crippen LogP contribution >= 0.6 is 15.9 Å². The van der Waals surface area contributed by atoms with Gasteiger partial charge in [0.25, 0.3) is 0 Å². The van der Waals surface area contributed by atoms with Crippen LogP contribution in [0.3, 0.4) is 0 Å². The summed E-state index contributed by atoms with van der Waals surface area (Å²) in [6, 6.07) is 13.8. The Hall–Kier alpha value is -1.70. The summed E-state index contributed by atoms with van der Waals surface area (Å²) in [6.07, 6.45) is 1.04. The Morgan fingerprint density at radius 3 is 2.46 bits per heavy atom. The van der Waals surface area contributed by atoms with Gasteiger partial charge in [0.15, 0.2) is 0 Å². The van der Waals surface area contributed by atoms with Gasteiger partial charge in [0.05, 0.1) is 10.9 Å². The highest BCUT2D eigenvalue weighted by Gasteiger charge is 2.12. The number of hydrogen-bond donors (Lipinski definition) is 2. The summed E-state index contributed by atoms with van der Waals surface area (Å²) in [5.41, 5.74) is 1.91. The van der Waals surface area contributed by atoms with Gasteiger partial charge in [0.2, 0.25) is 15.9 Å². The number of halogens is 1. The summed E-state index contributed by atoms with van der Waals surface area (Å²) in [4.78, 5) is 12.1. The van der Waals surface area contributed by atoms with E-state index in [-0.39, 0.29) is 16.8 Å². The number of carbonyl (C=O) groups is 1. The molecule has 0 saturated carbocycles. The second-order valence-corrected chi connectivity index (χ2v) is 8.01. The Morgan fingerprint density at radius 2 is 1.88 bits per heavy atom. The first-order chi connectivity index (χ1) is 11.3. The van der Waals surface area contributed by atoms with Crippen molar-refractivity contribution < 1.29 is 13.2 Å². The standard InChI is InChI=1S/C17H19BrN2O3S/c1-12(14-6-8-16(9-7-14)24(19,22)23)20-17(21)10-5-13-3-2-4-15(18)11-13/h2-4,6-9,11-12H,5,10H2,1H3,(H,20,21)(H2,19,22,23). The summed E-state index contributed by atoms with van der Waals surface area (Å²) in [5.74, 6) is -0.0574. The summed E-state index contributed by atoms with van der Waals surface area (Å²) in [5, 5.41) is 7.98. The van der Waals surface area contributed by atoms with E-state index in [0.29, 0.717) is 12.8 Å². The summed E-state index contributed by atoms with van der Waals surface area (Å²) in [6.45, 7) is 1.85. The average molecular weight is 411 g/mol. The van der Waals surface area contributed by atoms with E-state index in [1.54, 1.807) is 12.1 Å². The molecular weight excluding hydrogens is 392 g/mol. The molecule has 1 amide bonds. The number of aryl methyl sites for hydroxylation is 1. The van der Waals surface area contributed by atoms with Crippen LogP contribution in [-0.4, -0.2) is 14.3 Å². The van der Waals surface area contributed by atoms with Crippen LogP contribution in [0.2, 0.25) is 0 Å². The van der Waals surface area contributed by atoms with Crippen molar-refractivity contribution in [2.45, 2.75) is 30.7 Å². The minimum Gasteiger partial charge on any atom is -0.350 e. The fourth-order valence-electron chi connectivity index (χ4n) is 2.29. The third-order valence-corrected chi connectivity index (χ3v) is 5.04. The molecule has 1 atom stereocenters. The monoisotopic (exact) mass is 410 g/mol. The van der Waals surface area contributed by atoms with Crippen LogP contribution in [0.1, 0.15) is 30.5 Å². The predicted octanol–water partition coefficient (Wildman–Crippen LogP) is 2.91. The van der Waals surface area contributed by atoms with Crippen molar-refractivity contribution in [3.05, 3.63) is 64.1 Å². The van der Waals surface area contributed by atoms with Crippen molar-refractivity contribution in [3.63, 3.8) is 0 Å². The number of carbonyl (C=O) groups excluding carboxylic acids is 1. The number of primary sulfonamides is 1. The molecule has 0 fully saturated rings. The molecule has 1 unspecified atom stereocenters. The molecule has 0 aliphatic carbocycles. The van der Waals surface area contributed by atoms with Crippen LogP contribution in [-0.2, 0) is 21.2 Å². The topological polar surface area (TPSA) is 89.3 Å². The van der Waals surface area contributed by atoms with Crippen LogP contribution in [0.4, 0.5) is 0 Å². The van der Waals surface area contributed by atoms with Crippen LogP contribution in [0, 0.1) is 0 Å². The van der Waals surface area contributed by atoms with Crippen LogP contribution in [0.5, 0.6) is 0 Å². The maximum Gasteiger partial charge on any atom is 0.238 e. The Bertz CT molecular complexity index is 820. The molecule has 0 bridgehead atoms. The van der Waals surface area contributed by atoms with E-state index < -0.39 is 10.0 Å². The van der Waals surface area contributed by atoms with Crippen LogP contribution in [0.15, 0.2) is 57.9 Å². The molecule has 2 rings (SSSR count). The molecule has 0 saturated heterocycles. The zero-order chi connectivity index (χ0) is 17.7. The second kappa shape index (κ2) is 7.92. The Kier molecular flexibility index (Phi) is 6.15. The second-order valence-electron chi connectivity index (χ2n) is 5.53. The fourth-order valence-corrected chi connectivity index (χ4v) is 3.26. The summed E-state index contributed by atoms with van der Waals surface area (Å²) < 4.78 is 23.5. The van der Waals surface area contributed by atoms with Crippen molar-refractivity contribution >= 4 is 31.9 Å². The van der Waals surface area contributed by atoms with Gasteiger partial charge in [0, 0.05) is 10.9 Å². The summed E-state index contributed by atoms with van der Waals surface area (Å²) >= 11 is 3.41. The molecule has 2 aromatic carbocycles. The number of nitrogens with one attached hydrogen (secondary N) is 1. The van der Waals surface area contributed by atoms with Gasteiger partial charge in [0.1, 0.15) is 0 Å². The molecule has 128 valence electrons. The third-order valence-electron chi connectivity index (χ3n) is 3.62. The smallest absolute Gasteiger partial charge is 0.238 e. The average Bonchev–Trinajstić information content (AvgIpc) is 2.52. The molecule has 0 radical (unpaired) electrons. The lowest BCUT2D eigenvalue weighted by atomic mass is 10.1. The van der Waals surface area contributed by atoms with Crippen molar-refractivity contribution in [1.29, 1.82) is 0 Å². The van der Waals surface area contributed by atoms with Gasteiger partial charge in [-0.2, -0.15) is 0 Å². The van der Waals surface area contributed by atoms with E-state index in [2.05, 4.69) is 21.2 Å². The molecule has 0 aliphatic heterocycles. The molecule has 24 heavy (non-hydrogen) atoms. The normalized spacial score (nSPS) is 12.6. The van der Waals surface area contributed by atoms with Gasteiger partial charge < -0.3 is 5.32 Å². The van der Waals surface area contributed by atoms with Gasteiger partial charge in [-0.3, -0.25) is 4.79 Å². The van der Waals surface area contributed by atoms with Gasteiger partial charge in [-0.1, -0.05) is 40.2 Å². The molecule has 5 nitrogen and oxygen atoms in total. The molecule has 0 heterocycles. The van der Waals surface area contributed by atoms with Crippen LogP contribution < -0.4 is 10.5 Å². The van der Waals surface area contributed by atoms with E-state index >= 15 is 0 Å². The molecule has 3 N–H and O–H groups in total. The van der Waals surface area contributed by atoms with E-state index in [4.69, 9.17) is 5.14 Å². The quantitative estimate of drug-likeness (QED) is 0.766. The van der Waals surface area contributed by atoms with Gasteiger partial charge in [-0.05, 0) is 48.7 Å². The van der Waals surface area contributed by atoms with Crippen molar-refractivity contribution in [2.24, 2.45) is 5.14 Å². The number of hydrogen-bond acceptors (Lipinski definition) is 3. The number of sulfonamides is 1. The zero-order valence-electron chi connectivity index (χ0n) is 13.2. The first kappa shape index (κ1) is 18.6. The molecule has 7 heteroatoms. The van der Waals surface area contributed by atoms with Gasteiger partial charge in [-0.25, -0.2) is 13.6 Å². The van der Waals surface area contributed by atoms with Gasteiger partial charge >= 0.3 is 0 Å². The lowest BCUT2D eigenvalue weighted by molar-refractivity contribution is -0.121. The molecule has 0 spiro atoms. The lowest BCUT2D eigenvalue weighted by Gasteiger charge is -2.15. The largest absolute Gasteiger partial charge is 0.350 e. The highest BCUT2D eigenvalue weighted by molar-refractivity contribution is 9.10. The van der Waals surface area contributed by atoms with Crippen molar-refractivity contribution in [3.8, 4) is 0 Å². The number of benzene rings is 2. The molecule has 2 aromatic rings. The number of amides is 1. The SMILES string of the molecule is CC(NC(=O)CCc1cccc(Br)c1)c1ccc(S(N)(=O)=O)cc1. The van der Waals surface area contributed by atoms with Crippen molar-refractivity contribution in [2.75, 3.05) is 0 Å². The van der Waals surface area contributed by atoms with Gasteiger partial charge in [-0.15, -0.1) is 0 Å². The predicted molar refractivity (Wildman–Crippen MR) is 96.8 cm³/mol. The van der Waals surface area contributed by atoms with Crippen molar-refractivity contribution in [1.82, 2.24) is 5.32 Å². The lowest BCUT2D eigenvalue weighted by Crippen LogP contribution is -2.26. The maximum atomic E-state index is 12.1. The molecular formula is C17H19BrN2O3S. The number of nitrogens with two attached hydrogens (primary N) is 1. The summed E-state index contributed by atoms with van der Waals surface area (Å²) in [7, 11) is -3.70. The minimum absolute atomic E-state index is 0.0550. The third kappa shape index (κ3) is 5.43. The minimum atomic E-state index is -3.70. The molecule has 0 aliphatic rings. The van der Waals surface area contributed by atoms with E-state index in [0.717, 1.165) is 15.6 Å². The fraction of sp³-hybridized carbons (Fsp3) is 0.235. The van der Waals surface area contributed by atoms with E-state index in [1.165, 1.54) is 12.1 Å². The highest BCUT2D eigenvalue weighted by Crippen LogP contribution is 2.16.